The molecule has 0 N–H and O–H groups in total. The summed E-state index contributed by atoms with van der Waals surface area (Å²) >= 11 is 6.96. The molecule has 0 bridgehead atoms. The number of likely N-dealkylation sites (N-methyl/N-ethyl adjacent to an activating group) is 2. The van der Waals surface area contributed by atoms with Crippen LogP contribution in [0.4, 0.5) is 11.4 Å². The summed E-state index contributed by atoms with van der Waals surface area (Å²) in [7, 11) is 4.36. The molecule has 4 aromatic rings. The Kier molecular flexibility index (Phi) is 6.48. The van der Waals surface area contributed by atoms with Gasteiger partial charge in [0.15, 0.2) is 0 Å². The Morgan fingerprint density at radius 1 is 0.683 bits per heavy atom. The summed E-state index contributed by atoms with van der Waals surface area (Å²) in [4.78, 5) is 4.69. The van der Waals surface area contributed by atoms with E-state index in [0.717, 1.165) is 17.1 Å². The summed E-state index contributed by atoms with van der Waals surface area (Å²) in [6, 6.07) is 25.4. The van der Waals surface area contributed by atoms with E-state index in [1.165, 1.54) is 39.2 Å². The zero-order valence-corrected chi connectivity index (χ0v) is 27.0. The number of nitrogens with zero attached hydrogens (tertiary/aromatic N) is 4. The van der Waals surface area contributed by atoms with Crippen LogP contribution in [0.25, 0.3) is 5.69 Å². The van der Waals surface area contributed by atoms with Crippen LogP contribution >= 0.6 is 6.04 Å². The molecule has 0 saturated carbocycles. The highest BCUT2D eigenvalue weighted by molar-refractivity contribution is 8.21. The third kappa shape index (κ3) is 4.16. The smallest absolute Gasteiger partial charge is 0.0691 e. The van der Waals surface area contributed by atoms with Crippen molar-refractivity contribution >= 4 is 34.5 Å². The largest absolute Gasteiger partial charge is 0.347 e. The molecule has 0 spiro atoms. The van der Waals surface area contributed by atoms with Crippen molar-refractivity contribution in [1.82, 2.24) is 9.78 Å². The van der Waals surface area contributed by atoms with Crippen molar-refractivity contribution in [1.29, 1.82) is 0 Å². The van der Waals surface area contributed by atoms with Crippen molar-refractivity contribution in [3.8, 4) is 5.69 Å². The van der Waals surface area contributed by atoms with Gasteiger partial charge in [-0.25, -0.2) is 4.68 Å². The predicted molar refractivity (Wildman–Crippen MR) is 179 cm³/mol. The molecular weight excluding hydrogens is 539 g/mol. The van der Waals surface area contributed by atoms with Crippen molar-refractivity contribution in [2.75, 3.05) is 23.9 Å². The standard InChI is InChI=1S/C35H39N4PS/c1-24-33(25(2)39(36-24)26-16-10-9-11-17-26)40(41,22-31-34(3,4)27-18-12-14-20-29(27)37(31)7)23-32-35(5,6)28-19-13-15-21-30(28)38(32)8/h9-23H,1-8H3/b31-22-,32-23-. The van der Waals surface area contributed by atoms with E-state index in [2.05, 4.69) is 155 Å². The quantitative estimate of drug-likeness (QED) is 0.228. The van der Waals surface area contributed by atoms with Gasteiger partial charge in [0.25, 0.3) is 0 Å². The SMILES string of the molecule is Cc1nn(-c2ccccc2)c(C)c1P(=S)(/C=C1\N(C)c2ccccc2C1(C)C)/C=C1\N(C)c2ccccc2C1(C)C. The third-order valence-corrected chi connectivity index (χ3v) is 12.9. The molecule has 3 heterocycles. The van der Waals surface area contributed by atoms with Crippen molar-refractivity contribution in [2.24, 2.45) is 0 Å². The van der Waals surface area contributed by atoms with Gasteiger partial charge in [-0.1, -0.05) is 94.1 Å². The molecule has 210 valence electrons. The molecule has 41 heavy (non-hydrogen) atoms. The molecule has 3 aromatic carbocycles. The van der Waals surface area contributed by atoms with Gasteiger partial charge in [-0.3, -0.25) is 0 Å². The van der Waals surface area contributed by atoms with Crippen LogP contribution in [0.1, 0.15) is 50.2 Å². The lowest BCUT2D eigenvalue weighted by Crippen LogP contribution is -2.25. The van der Waals surface area contributed by atoms with Gasteiger partial charge in [-0.2, -0.15) is 5.10 Å². The van der Waals surface area contributed by atoms with Crippen molar-refractivity contribution < 1.29 is 0 Å². The fraction of sp³-hybridized carbons (Fsp3) is 0.286. The minimum Gasteiger partial charge on any atom is -0.347 e. The maximum Gasteiger partial charge on any atom is 0.0691 e. The number of fused-ring (bicyclic) bond motifs is 2. The summed E-state index contributed by atoms with van der Waals surface area (Å²) in [5.41, 5.74) is 10.5. The molecule has 0 amide bonds. The molecule has 4 nitrogen and oxygen atoms in total. The van der Waals surface area contributed by atoms with Crippen LogP contribution in [-0.2, 0) is 22.6 Å². The zero-order chi connectivity index (χ0) is 29.3. The molecule has 0 aliphatic carbocycles. The molecule has 0 fully saturated rings. The average Bonchev–Trinajstić information content (AvgIpc) is 3.44. The van der Waals surface area contributed by atoms with Gasteiger partial charge in [0.1, 0.15) is 0 Å². The maximum atomic E-state index is 6.96. The van der Waals surface area contributed by atoms with E-state index in [-0.39, 0.29) is 10.8 Å². The van der Waals surface area contributed by atoms with Gasteiger partial charge >= 0.3 is 0 Å². The lowest BCUT2D eigenvalue weighted by Gasteiger charge is -2.30. The zero-order valence-electron chi connectivity index (χ0n) is 25.3. The lowest BCUT2D eigenvalue weighted by atomic mass is 9.84. The highest BCUT2D eigenvalue weighted by Crippen LogP contribution is 2.59. The Balaban J connectivity index is 1.62. The Bertz CT molecular complexity index is 1690. The van der Waals surface area contributed by atoms with Gasteiger partial charge < -0.3 is 9.80 Å². The normalized spacial score (nSPS) is 19.2. The highest BCUT2D eigenvalue weighted by Gasteiger charge is 2.43. The van der Waals surface area contributed by atoms with Crippen LogP contribution in [0.5, 0.6) is 0 Å². The Morgan fingerprint density at radius 3 is 1.59 bits per heavy atom. The van der Waals surface area contributed by atoms with Crippen LogP contribution in [0.2, 0.25) is 0 Å². The number of hydrogen-bond donors (Lipinski definition) is 0. The fourth-order valence-electron chi connectivity index (χ4n) is 6.95. The Hall–Kier alpha value is -3.40. The average molecular weight is 579 g/mol. The Morgan fingerprint density at radius 2 is 1.12 bits per heavy atom. The van der Waals surface area contributed by atoms with Crippen LogP contribution in [0, 0.1) is 13.8 Å². The molecule has 2 aliphatic rings. The second-order valence-electron chi connectivity index (χ2n) is 12.4. The number of rotatable bonds is 4. The summed E-state index contributed by atoms with van der Waals surface area (Å²) in [6.07, 6.45) is 0. The first-order valence-corrected chi connectivity index (χ1v) is 17.2. The number of allylic oxidation sites excluding steroid dienone is 2. The second-order valence-corrected chi connectivity index (χ2v) is 16.6. The van der Waals surface area contributed by atoms with Crippen LogP contribution in [0.3, 0.4) is 0 Å². The molecule has 6 rings (SSSR count). The van der Waals surface area contributed by atoms with E-state index in [9.17, 15) is 0 Å². The van der Waals surface area contributed by atoms with E-state index in [1.807, 2.05) is 6.07 Å². The van der Waals surface area contributed by atoms with E-state index < -0.39 is 6.04 Å². The van der Waals surface area contributed by atoms with E-state index >= 15 is 0 Å². The molecule has 0 unspecified atom stereocenters. The number of aromatic nitrogens is 2. The molecule has 6 heteroatoms. The number of aryl methyl sites for hydroxylation is 1. The first-order valence-electron chi connectivity index (χ1n) is 14.2. The topological polar surface area (TPSA) is 24.3 Å². The summed E-state index contributed by atoms with van der Waals surface area (Å²) in [5.74, 6) is 4.88. The number of hydrogen-bond acceptors (Lipinski definition) is 4. The number of anilines is 2. The van der Waals surface area contributed by atoms with Gasteiger partial charge in [0, 0.05) is 59.0 Å². The molecule has 2 aliphatic heterocycles. The van der Waals surface area contributed by atoms with Crippen LogP contribution in [-0.4, -0.2) is 23.9 Å². The first-order chi connectivity index (χ1) is 19.4. The predicted octanol–water partition coefficient (Wildman–Crippen LogP) is 8.13. The van der Waals surface area contributed by atoms with E-state index in [0.29, 0.717) is 0 Å². The maximum absolute atomic E-state index is 6.96. The number of para-hydroxylation sites is 3. The molecule has 0 atom stereocenters. The van der Waals surface area contributed by atoms with Gasteiger partial charge in [0.2, 0.25) is 0 Å². The highest BCUT2D eigenvalue weighted by atomic mass is 32.4. The van der Waals surface area contributed by atoms with Crippen molar-refractivity contribution in [3.63, 3.8) is 0 Å². The second kappa shape index (κ2) is 9.58. The molecule has 0 radical (unpaired) electrons. The van der Waals surface area contributed by atoms with Crippen molar-refractivity contribution in [3.05, 3.63) is 124 Å². The fourth-order valence-corrected chi connectivity index (χ4v) is 11.5. The monoisotopic (exact) mass is 578 g/mol. The van der Waals surface area contributed by atoms with Gasteiger partial charge in [-0.15, -0.1) is 0 Å². The molecule has 0 saturated heterocycles. The lowest BCUT2D eigenvalue weighted by molar-refractivity contribution is 0.640. The summed E-state index contributed by atoms with van der Waals surface area (Å²) in [6.45, 7) is 13.6. The van der Waals surface area contributed by atoms with E-state index in [1.54, 1.807) is 0 Å². The molecule has 1 aromatic heterocycles. The Labute approximate surface area is 250 Å². The van der Waals surface area contributed by atoms with Crippen LogP contribution in [0.15, 0.2) is 102 Å². The van der Waals surface area contributed by atoms with Gasteiger partial charge in [0.05, 0.1) is 17.1 Å². The van der Waals surface area contributed by atoms with Crippen LogP contribution < -0.4 is 15.1 Å². The first kappa shape index (κ1) is 27.8. The minimum absolute atomic E-state index is 0.175. The third-order valence-electron chi connectivity index (χ3n) is 9.11. The summed E-state index contributed by atoms with van der Waals surface area (Å²) in [5, 5.41) is 6.25. The number of benzene rings is 3. The van der Waals surface area contributed by atoms with Gasteiger partial charge in [-0.05, 0) is 60.9 Å². The molecular formula is C35H39N4PS. The van der Waals surface area contributed by atoms with E-state index in [4.69, 9.17) is 16.9 Å². The minimum atomic E-state index is -2.49. The van der Waals surface area contributed by atoms with Crippen molar-refractivity contribution in [2.45, 2.75) is 52.4 Å². The summed E-state index contributed by atoms with van der Waals surface area (Å²) < 4.78 is 2.07.